The molecule has 1 saturated heterocycles. The molecule has 21 heavy (non-hydrogen) atoms. The second-order valence-electron chi connectivity index (χ2n) is 5.51. The van der Waals surface area contributed by atoms with Crippen LogP contribution in [0.25, 0.3) is 0 Å². The van der Waals surface area contributed by atoms with Crippen LogP contribution in [0.2, 0.25) is 0 Å². The maximum Gasteiger partial charge on any atom is 0.236 e. The maximum atomic E-state index is 12.0. The third-order valence-electron chi connectivity index (χ3n) is 3.64. The molecule has 1 fully saturated rings. The van der Waals surface area contributed by atoms with Gasteiger partial charge in [-0.15, -0.1) is 11.3 Å². The topological polar surface area (TPSA) is 53.6 Å². The third kappa shape index (κ3) is 5.74. The number of nitrogens with zero attached hydrogens (tertiary/aromatic N) is 1. The van der Waals surface area contributed by atoms with Crippen LogP contribution in [0.3, 0.4) is 0 Å². The van der Waals surface area contributed by atoms with E-state index in [4.69, 9.17) is 4.74 Å². The van der Waals surface area contributed by atoms with Crippen LogP contribution in [0, 0.1) is 0 Å². The Hall–Kier alpha value is -0.950. The first kappa shape index (κ1) is 16.4. The average Bonchev–Trinajstić information content (AvgIpc) is 2.98. The van der Waals surface area contributed by atoms with Crippen LogP contribution in [0.15, 0.2) is 17.5 Å². The van der Waals surface area contributed by atoms with Crippen molar-refractivity contribution in [2.75, 3.05) is 39.8 Å². The van der Waals surface area contributed by atoms with Gasteiger partial charge in [0.15, 0.2) is 0 Å². The second kappa shape index (κ2) is 8.48. The molecule has 0 aromatic carbocycles. The van der Waals surface area contributed by atoms with Crippen LogP contribution in [-0.2, 0) is 16.0 Å². The quantitative estimate of drug-likeness (QED) is 0.779. The monoisotopic (exact) mass is 311 g/mol. The minimum atomic E-state index is -0.191. The van der Waals surface area contributed by atoms with E-state index in [9.17, 15) is 4.79 Å². The van der Waals surface area contributed by atoms with Crippen LogP contribution in [-0.4, -0.2) is 62.8 Å². The van der Waals surface area contributed by atoms with E-state index in [1.807, 2.05) is 13.0 Å². The van der Waals surface area contributed by atoms with E-state index in [-0.39, 0.29) is 18.1 Å². The predicted molar refractivity (Wildman–Crippen MR) is 85.7 cm³/mol. The summed E-state index contributed by atoms with van der Waals surface area (Å²) < 4.78 is 5.67. The molecule has 1 aromatic rings. The fourth-order valence-corrected chi connectivity index (χ4v) is 3.02. The maximum absolute atomic E-state index is 12.0. The van der Waals surface area contributed by atoms with Crippen molar-refractivity contribution in [3.05, 3.63) is 22.4 Å². The molecule has 1 aliphatic heterocycles. The zero-order chi connectivity index (χ0) is 15.1. The third-order valence-corrected chi connectivity index (χ3v) is 4.57. The van der Waals surface area contributed by atoms with Gasteiger partial charge in [-0.1, -0.05) is 6.07 Å². The molecule has 1 aliphatic rings. The highest BCUT2D eigenvalue weighted by molar-refractivity contribution is 7.09. The Morgan fingerprint density at radius 1 is 1.62 bits per heavy atom. The lowest BCUT2D eigenvalue weighted by Crippen LogP contribution is -2.49. The standard InChI is InChI=1S/C15H25N3O2S/c1-12(17-10-13-11-18(2)7-8-20-13)15(19)16-6-5-14-4-3-9-21-14/h3-4,9,12-13,17H,5-8,10-11H2,1-2H3,(H,16,19)/t12-,13+/m1/s1. The van der Waals surface area contributed by atoms with Crippen LogP contribution < -0.4 is 10.6 Å². The van der Waals surface area contributed by atoms with E-state index in [2.05, 4.69) is 34.0 Å². The Morgan fingerprint density at radius 2 is 2.48 bits per heavy atom. The van der Waals surface area contributed by atoms with E-state index in [0.717, 1.165) is 26.1 Å². The van der Waals surface area contributed by atoms with E-state index in [0.29, 0.717) is 13.1 Å². The molecule has 0 unspecified atom stereocenters. The van der Waals surface area contributed by atoms with Gasteiger partial charge in [-0.3, -0.25) is 4.79 Å². The number of ether oxygens (including phenoxy) is 1. The molecule has 2 rings (SSSR count). The van der Waals surface area contributed by atoms with Crippen molar-refractivity contribution in [2.45, 2.75) is 25.5 Å². The molecular formula is C15H25N3O2S. The first-order chi connectivity index (χ1) is 10.1. The van der Waals surface area contributed by atoms with Crippen molar-refractivity contribution in [1.29, 1.82) is 0 Å². The molecule has 0 aliphatic carbocycles. The molecule has 118 valence electrons. The average molecular weight is 311 g/mol. The van der Waals surface area contributed by atoms with E-state index >= 15 is 0 Å². The minimum Gasteiger partial charge on any atom is -0.374 e. The van der Waals surface area contributed by atoms with Crippen molar-refractivity contribution in [3.63, 3.8) is 0 Å². The Balaban J connectivity index is 1.60. The molecule has 1 amide bonds. The summed E-state index contributed by atoms with van der Waals surface area (Å²) in [6.07, 6.45) is 1.07. The number of amides is 1. The van der Waals surface area contributed by atoms with Crippen LogP contribution >= 0.6 is 11.3 Å². The first-order valence-corrected chi connectivity index (χ1v) is 8.36. The van der Waals surface area contributed by atoms with Gasteiger partial charge < -0.3 is 20.3 Å². The van der Waals surface area contributed by atoms with Crippen LogP contribution in [0.4, 0.5) is 0 Å². The fraction of sp³-hybridized carbons (Fsp3) is 0.667. The molecule has 0 radical (unpaired) electrons. The van der Waals surface area contributed by atoms with Crippen molar-refractivity contribution in [3.8, 4) is 0 Å². The Morgan fingerprint density at radius 3 is 3.19 bits per heavy atom. The minimum absolute atomic E-state index is 0.0516. The smallest absolute Gasteiger partial charge is 0.236 e. The molecule has 2 atom stereocenters. The van der Waals surface area contributed by atoms with Gasteiger partial charge >= 0.3 is 0 Å². The number of nitrogens with one attached hydrogen (secondary N) is 2. The van der Waals surface area contributed by atoms with Gasteiger partial charge in [-0.2, -0.15) is 0 Å². The van der Waals surface area contributed by atoms with Gasteiger partial charge in [0, 0.05) is 31.1 Å². The summed E-state index contributed by atoms with van der Waals surface area (Å²) in [6, 6.07) is 3.94. The number of thiophene rings is 1. The number of rotatable bonds is 7. The summed E-state index contributed by atoms with van der Waals surface area (Å²) in [7, 11) is 2.09. The molecule has 5 nitrogen and oxygen atoms in total. The van der Waals surface area contributed by atoms with Gasteiger partial charge in [0.2, 0.25) is 5.91 Å². The SMILES string of the molecule is C[C@@H](NC[C@H]1CN(C)CCO1)C(=O)NCCc1cccs1. The summed E-state index contributed by atoms with van der Waals surface area (Å²) >= 11 is 1.72. The van der Waals surface area contributed by atoms with E-state index in [1.54, 1.807) is 11.3 Å². The molecule has 0 bridgehead atoms. The van der Waals surface area contributed by atoms with E-state index < -0.39 is 0 Å². The first-order valence-electron chi connectivity index (χ1n) is 7.49. The lowest BCUT2D eigenvalue weighted by molar-refractivity contribution is -0.122. The number of carbonyl (C=O) groups excluding carboxylic acids is 1. The number of hydrogen-bond acceptors (Lipinski definition) is 5. The number of likely N-dealkylation sites (N-methyl/N-ethyl adjacent to an activating group) is 1. The molecule has 1 aromatic heterocycles. The fourth-order valence-electron chi connectivity index (χ4n) is 2.31. The number of hydrogen-bond donors (Lipinski definition) is 2. The van der Waals surface area contributed by atoms with Crippen molar-refractivity contribution >= 4 is 17.2 Å². The van der Waals surface area contributed by atoms with Crippen LogP contribution in [0.5, 0.6) is 0 Å². The van der Waals surface area contributed by atoms with Gasteiger partial charge in [-0.25, -0.2) is 0 Å². The van der Waals surface area contributed by atoms with E-state index in [1.165, 1.54) is 4.88 Å². The Labute approximate surface area is 130 Å². The number of carbonyl (C=O) groups is 1. The van der Waals surface area contributed by atoms with Gasteiger partial charge in [0.05, 0.1) is 18.8 Å². The highest BCUT2D eigenvalue weighted by atomic mass is 32.1. The number of morpholine rings is 1. The predicted octanol–water partition coefficient (Wildman–Crippen LogP) is 0.716. The summed E-state index contributed by atoms with van der Waals surface area (Å²) in [4.78, 5) is 15.5. The Kier molecular flexibility index (Phi) is 6.63. The molecule has 2 heterocycles. The zero-order valence-corrected chi connectivity index (χ0v) is 13.6. The zero-order valence-electron chi connectivity index (χ0n) is 12.8. The molecule has 6 heteroatoms. The summed E-state index contributed by atoms with van der Waals surface area (Å²) in [6.45, 7) is 5.96. The second-order valence-corrected chi connectivity index (χ2v) is 6.54. The highest BCUT2D eigenvalue weighted by Gasteiger charge is 2.19. The van der Waals surface area contributed by atoms with Crippen molar-refractivity contribution in [2.24, 2.45) is 0 Å². The highest BCUT2D eigenvalue weighted by Crippen LogP contribution is 2.08. The lowest BCUT2D eigenvalue weighted by atomic mass is 10.2. The van der Waals surface area contributed by atoms with Gasteiger partial charge in [0.25, 0.3) is 0 Å². The van der Waals surface area contributed by atoms with Gasteiger partial charge in [0.1, 0.15) is 0 Å². The molecule has 2 N–H and O–H groups in total. The summed E-state index contributed by atoms with van der Waals surface area (Å²) in [5.74, 6) is 0.0516. The lowest BCUT2D eigenvalue weighted by Gasteiger charge is -2.30. The van der Waals surface area contributed by atoms with Gasteiger partial charge in [-0.05, 0) is 31.8 Å². The summed E-state index contributed by atoms with van der Waals surface area (Å²) in [5, 5.41) is 8.28. The molecule has 0 saturated carbocycles. The molecule has 0 spiro atoms. The van der Waals surface area contributed by atoms with Crippen molar-refractivity contribution in [1.82, 2.24) is 15.5 Å². The normalized spacial score (nSPS) is 21.1. The summed E-state index contributed by atoms with van der Waals surface area (Å²) in [5.41, 5.74) is 0. The Bertz CT molecular complexity index is 425. The molecular weight excluding hydrogens is 286 g/mol. The van der Waals surface area contributed by atoms with Crippen molar-refractivity contribution < 1.29 is 9.53 Å². The van der Waals surface area contributed by atoms with Crippen LogP contribution in [0.1, 0.15) is 11.8 Å². The largest absolute Gasteiger partial charge is 0.374 e.